The molecule has 1 aliphatic rings. The van der Waals surface area contributed by atoms with Crippen LogP contribution in [-0.4, -0.2) is 59.1 Å². The minimum Gasteiger partial charge on any atom is -0.364 e. The maximum Gasteiger partial charge on any atom is 0.254 e. The van der Waals surface area contributed by atoms with Gasteiger partial charge in [-0.25, -0.2) is 9.97 Å². The van der Waals surface area contributed by atoms with E-state index in [0.717, 1.165) is 22.8 Å². The average molecular weight is 354 g/mol. The summed E-state index contributed by atoms with van der Waals surface area (Å²) in [5.74, 6) is 1.60. The molecule has 0 aromatic carbocycles. The van der Waals surface area contributed by atoms with Crippen molar-refractivity contribution in [3.63, 3.8) is 0 Å². The number of hydrogen-bond acceptors (Lipinski definition) is 6. The zero-order valence-corrected chi connectivity index (χ0v) is 15.3. The van der Waals surface area contributed by atoms with Crippen LogP contribution in [0.15, 0.2) is 18.9 Å². The van der Waals surface area contributed by atoms with E-state index in [2.05, 4.69) is 25.4 Å². The molecule has 1 aliphatic heterocycles. The van der Waals surface area contributed by atoms with Crippen molar-refractivity contribution in [2.75, 3.05) is 18.4 Å². The number of rotatable bonds is 3. The summed E-state index contributed by atoms with van der Waals surface area (Å²) >= 11 is 0. The maximum atomic E-state index is 12.0. The molecule has 3 aromatic rings. The number of aromatic nitrogens is 6. The summed E-state index contributed by atoms with van der Waals surface area (Å²) in [6, 6.07) is 0.0294. The summed E-state index contributed by atoms with van der Waals surface area (Å²) in [6.45, 7) is 6.84. The summed E-state index contributed by atoms with van der Waals surface area (Å²) in [4.78, 5) is 27.0. The lowest BCUT2D eigenvalue weighted by Gasteiger charge is -2.21. The molecule has 9 heteroatoms. The first kappa shape index (κ1) is 16.5. The van der Waals surface area contributed by atoms with E-state index in [1.807, 2.05) is 36.6 Å². The molecule has 26 heavy (non-hydrogen) atoms. The van der Waals surface area contributed by atoms with Gasteiger partial charge < -0.3 is 14.8 Å². The van der Waals surface area contributed by atoms with E-state index in [1.165, 1.54) is 6.33 Å². The van der Waals surface area contributed by atoms with Crippen molar-refractivity contribution in [3.8, 4) is 0 Å². The van der Waals surface area contributed by atoms with Crippen LogP contribution in [0.5, 0.6) is 0 Å². The van der Waals surface area contributed by atoms with Gasteiger partial charge in [0.15, 0.2) is 0 Å². The second-order valence-electron chi connectivity index (χ2n) is 6.89. The molecular weight excluding hydrogens is 332 g/mol. The highest BCUT2D eigenvalue weighted by Gasteiger charge is 2.37. The molecule has 4 rings (SSSR count). The molecule has 0 spiro atoms. The number of amides is 1. The Balaban J connectivity index is 1.72. The number of carbonyl (C=O) groups is 1. The van der Waals surface area contributed by atoms with E-state index in [1.54, 1.807) is 17.8 Å². The Hall–Kier alpha value is -2.97. The van der Waals surface area contributed by atoms with Gasteiger partial charge in [-0.15, -0.1) is 0 Å². The highest BCUT2D eigenvalue weighted by Crippen LogP contribution is 2.30. The lowest BCUT2D eigenvalue weighted by Crippen LogP contribution is -2.31. The zero-order chi connectivity index (χ0) is 18.4. The van der Waals surface area contributed by atoms with Gasteiger partial charge in [-0.05, 0) is 13.8 Å². The van der Waals surface area contributed by atoms with Gasteiger partial charge in [0.2, 0.25) is 5.91 Å². The number of carbonyl (C=O) groups excluding carboxylic acids is 1. The first-order valence-electron chi connectivity index (χ1n) is 8.61. The van der Waals surface area contributed by atoms with Crippen molar-refractivity contribution in [3.05, 3.63) is 35.8 Å². The third-order valence-corrected chi connectivity index (χ3v) is 5.10. The largest absolute Gasteiger partial charge is 0.364 e. The topological polar surface area (TPSA) is 93.2 Å². The van der Waals surface area contributed by atoms with Crippen LogP contribution in [0.2, 0.25) is 0 Å². The predicted octanol–water partition coefficient (Wildman–Crippen LogP) is 0.901. The van der Waals surface area contributed by atoms with E-state index in [4.69, 9.17) is 0 Å². The van der Waals surface area contributed by atoms with Gasteiger partial charge in [-0.2, -0.15) is 14.6 Å². The molecule has 0 radical (unpaired) electrons. The molecule has 9 nitrogen and oxygen atoms in total. The zero-order valence-electron chi connectivity index (χ0n) is 15.3. The van der Waals surface area contributed by atoms with Crippen LogP contribution in [0.25, 0.3) is 5.78 Å². The average Bonchev–Trinajstić information content (AvgIpc) is 3.30. The monoisotopic (exact) mass is 354 g/mol. The summed E-state index contributed by atoms with van der Waals surface area (Å²) in [7, 11) is 1.95. The lowest BCUT2D eigenvalue weighted by molar-refractivity contribution is -0.127. The first-order valence-corrected chi connectivity index (χ1v) is 8.61. The van der Waals surface area contributed by atoms with Gasteiger partial charge in [-0.1, -0.05) is 0 Å². The quantitative estimate of drug-likeness (QED) is 0.751. The Morgan fingerprint density at radius 3 is 2.77 bits per heavy atom. The third-order valence-electron chi connectivity index (χ3n) is 5.10. The number of anilines is 1. The number of fused-ring (bicyclic) bond motifs is 1. The Morgan fingerprint density at radius 2 is 2.08 bits per heavy atom. The third kappa shape index (κ3) is 2.69. The smallest absolute Gasteiger partial charge is 0.254 e. The first-order chi connectivity index (χ1) is 12.4. The molecule has 1 saturated heterocycles. The number of aryl methyl sites for hydroxylation is 2. The highest BCUT2D eigenvalue weighted by molar-refractivity contribution is 5.74. The van der Waals surface area contributed by atoms with Crippen LogP contribution in [0, 0.1) is 13.8 Å². The number of imidazole rings is 1. The summed E-state index contributed by atoms with van der Waals surface area (Å²) in [5.41, 5.74) is 2.90. The number of nitrogens with one attached hydrogen (secondary N) is 1. The van der Waals surface area contributed by atoms with Crippen LogP contribution in [0.3, 0.4) is 0 Å². The van der Waals surface area contributed by atoms with Crippen molar-refractivity contribution < 1.29 is 4.79 Å². The Kier molecular flexibility index (Phi) is 3.86. The van der Waals surface area contributed by atoms with Crippen LogP contribution in [-0.2, 0) is 11.8 Å². The Labute approximate surface area is 151 Å². The molecule has 2 atom stereocenters. The Morgan fingerprint density at radius 1 is 1.27 bits per heavy atom. The molecule has 1 amide bonds. The molecular formula is C17H22N8O. The molecule has 1 N–H and O–H groups in total. The molecule has 0 saturated carbocycles. The van der Waals surface area contributed by atoms with Gasteiger partial charge in [-0.3, -0.25) is 4.79 Å². The van der Waals surface area contributed by atoms with Gasteiger partial charge in [0.05, 0.1) is 18.1 Å². The SMILES string of the molecule is CC(=O)N1C[C@@H](Nc2c(C)c(C)nc3ncnn23)[C@H](c2cn(C)cn2)C1. The second kappa shape index (κ2) is 6.08. The van der Waals surface area contributed by atoms with Crippen molar-refractivity contribution >= 4 is 17.5 Å². The summed E-state index contributed by atoms with van der Waals surface area (Å²) in [6.07, 6.45) is 5.30. The van der Waals surface area contributed by atoms with Crippen molar-refractivity contribution in [1.29, 1.82) is 0 Å². The van der Waals surface area contributed by atoms with Gasteiger partial charge >= 0.3 is 0 Å². The summed E-state index contributed by atoms with van der Waals surface area (Å²) < 4.78 is 3.65. The molecule has 0 unspecified atom stereocenters. The fourth-order valence-corrected chi connectivity index (χ4v) is 3.51. The van der Waals surface area contributed by atoms with Gasteiger partial charge in [0.25, 0.3) is 5.78 Å². The molecule has 4 heterocycles. The normalized spacial score (nSPS) is 20.1. The van der Waals surface area contributed by atoms with E-state index >= 15 is 0 Å². The number of likely N-dealkylation sites (tertiary alicyclic amines) is 1. The maximum absolute atomic E-state index is 12.0. The molecule has 3 aromatic heterocycles. The van der Waals surface area contributed by atoms with E-state index in [-0.39, 0.29) is 17.9 Å². The van der Waals surface area contributed by atoms with Gasteiger partial charge in [0, 0.05) is 50.4 Å². The summed E-state index contributed by atoms with van der Waals surface area (Å²) in [5, 5.41) is 7.90. The van der Waals surface area contributed by atoms with Crippen LogP contribution in [0.4, 0.5) is 5.82 Å². The Bertz CT molecular complexity index is 974. The molecule has 0 bridgehead atoms. The minimum atomic E-state index is 0.0294. The highest BCUT2D eigenvalue weighted by atomic mass is 16.2. The van der Waals surface area contributed by atoms with Crippen LogP contribution in [0.1, 0.15) is 29.8 Å². The van der Waals surface area contributed by atoms with E-state index in [9.17, 15) is 4.79 Å². The lowest BCUT2D eigenvalue weighted by atomic mass is 10.00. The number of nitrogens with zero attached hydrogens (tertiary/aromatic N) is 7. The molecule has 0 aliphatic carbocycles. The van der Waals surface area contributed by atoms with Crippen LogP contribution >= 0.6 is 0 Å². The minimum absolute atomic E-state index is 0.0294. The standard InChI is InChI=1S/C17H22N8O/c1-10-11(2)21-17-18-8-20-25(17)16(10)22-15-7-24(12(3)26)5-13(15)14-6-23(4)9-19-14/h6,8-9,13,15,22H,5,7H2,1-4H3/t13-,15+/m0/s1. The van der Waals surface area contributed by atoms with Crippen LogP contribution < -0.4 is 5.32 Å². The molecule has 1 fully saturated rings. The van der Waals surface area contributed by atoms with Crippen molar-refractivity contribution in [2.45, 2.75) is 32.7 Å². The second-order valence-corrected chi connectivity index (χ2v) is 6.89. The predicted molar refractivity (Wildman–Crippen MR) is 95.9 cm³/mol. The fourth-order valence-electron chi connectivity index (χ4n) is 3.51. The van der Waals surface area contributed by atoms with E-state index < -0.39 is 0 Å². The van der Waals surface area contributed by atoms with Crippen molar-refractivity contribution in [1.82, 2.24) is 34.0 Å². The van der Waals surface area contributed by atoms with E-state index in [0.29, 0.717) is 18.9 Å². The van der Waals surface area contributed by atoms with Gasteiger partial charge in [0.1, 0.15) is 12.1 Å². The van der Waals surface area contributed by atoms with Crippen molar-refractivity contribution in [2.24, 2.45) is 7.05 Å². The number of hydrogen-bond donors (Lipinski definition) is 1. The molecule has 136 valence electrons. The fraction of sp³-hybridized carbons (Fsp3) is 0.471.